The molecule has 112 valence electrons. The molecule has 0 bridgehead atoms. The zero-order valence-electron chi connectivity index (χ0n) is 12.1. The highest BCUT2D eigenvalue weighted by Crippen LogP contribution is 2.19. The summed E-state index contributed by atoms with van der Waals surface area (Å²) in [5.41, 5.74) is 0.803. The monoisotopic (exact) mass is 307 g/mol. The molecule has 2 rings (SSSR count). The van der Waals surface area contributed by atoms with Crippen LogP contribution < -0.4 is 15.4 Å². The van der Waals surface area contributed by atoms with E-state index in [4.69, 9.17) is 16.3 Å². The summed E-state index contributed by atoms with van der Waals surface area (Å²) in [6.07, 6.45) is 0.979. The van der Waals surface area contributed by atoms with E-state index in [2.05, 4.69) is 32.5 Å². The molecule has 2 N–H and O–H groups in total. The van der Waals surface area contributed by atoms with Crippen molar-refractivity contribution < 1.29 is 4.74 Å². The molecule has 7 heteroatoms. The van der Waals surface area contributed by atoms with Gasteiger partial charge in [-0.15, -0.1) is 0 Å². The Labute approximate surface area is 128 Å². The molecule has 0 saturated carbocycles. The lowest BCUT2D eigenvalue weighted by Crippen LogP contribution is -2.09. The number of nitrogens with one attached hydrogen (secondary N) is 2. The number of nitrogens with zero attached hydrogens (tertiary/aromatic N) is 3. The number of ether oxygens (including phenoxy) is 1. The molecule has 1 aromatic heterocycles. The molecule has 0 saturated heterocycles. The zero-order chi connectivity index (χ0) is 15.1. The van der Waals surface area contributed by atoms with Crippen molar-refractivity contribution in [2.45, 2.75) is 20.3 Å². The molecular formula is C14H18ClN5O. The smallest absolute Gasteiger partial charge is 0.323 e. The molecule has 6 nitrogen and oxygen atoms in total. The summed E-state index contributed by atoms with van der Waals surface area (Å²) in [6.45, 7) is 5.23. The van der Waals surface area contributed by atoms with Crippen LogP contribution in [0.4, 0.5) is 17.6 Å². The molecule has 0 aliphatic carbocycles. The highest BCUT2D eigenvalue weighted by atomic mass is 35.5. The van der Waals surface area contributed by atoms with E-state index in [-0.39, 0.29) is 6.01 Å². The maximum atomic E-state index is 5.96. The first-order valence-corrected chi connectivity index (χ1v) is 7.24. The van der Waals surface area contributed by atoms with Crippen LogP contribution in [0.3, 0.4) is 0 Å². The SMILES string of the molecule is CCCNc1nc(Nc2cccc(Cl)c2)nc(OCC)n1. The maximum absolute atomic E-state index is 5.96. The number of rotatable bonds is 7. The average Bonchev–Trinajstić information content (AvgIpc) is 2.45. The quantitative estimate of drug-likeness (QED) is 0.816. The topological polar surface area (TPSA) is 72.0 Å². The van der Waals surface area contributed by atoms with Crippen molar-refractivity contribution in [1.29, 1.82) is 0 Å². The predicted molar refractivity (Wildman–Crippen MR) is 84.5 cm³/mol. The van der Waals surface area contributed by atoms with Gasteiger partial charge in [-0.2, -0.15) is 15.0 Å². The standard InChI is InChI=1S/C14H18ClN5O/c1-3-8-16-12-18-13(20-14(19-12)21-4-2)17-11-7-5-6-10(15)9-11/h5-7,9H,3-4,8H2,1-2H3,(H2,16,17,18,19,20). The van der Waals surface area contributed by atoms with Gasteiger partial charge in [0.2, 0.25) is 11.9 Å². The van der Waals surface area contributed by atoms with E-state index in [0.717, 1.165) is 18.7 Å². The summed E-state index contributed by atoms with van der Waals surface area (Å²) in [5, 5.41) is 6.86. The van der Waals surface area contributed by atoms with Gasteiger partial charge in [-0.25, -0.2) is 0 Å². The van der Waals surface area contributed by atoms with Crippen molar-refractivity contribution in [3.63, 3.8) is 0 Å². The Morgan fingerprint density at radius 2 is 1.95 bits per heavy atom. The van der Waals surface area contributed by atoms with Crippen LogP contribution in [0.5, 0.6) is 6.01 Å². The number of halogens is 1. The first-order chi connectivity index (χ1) is 10.2. The van der Waals surface area contributed by atoms with Crippen molar-refractivity contribution in [2.75, 3.05) is 23.8 Å². The lowest BCUT2D eigenvalue weighted by atomic mass is 10.3. The molecule has 0 aliphatic heterocycles. The van der Waals surface area contributed by atoms with Crippen LogP contribution in [0.15, 0.2) is 24.3 Å². The molecule has 0 fully saturated rings. The molecule has 0 aliphatic rings. The summed E-state index contributed by atoms with van der Waals surface area (Å²) >= 11 is 5.96. The van der Waals surface area contributed by atoms with Crippen molar-refractivity contribution in [1.82, 2.24) is 15.0 Å². The van der Waals surface area contributed by atoms with Gasteiger partial charge in [0.05, 0.1) is 6.61 Å². The van der Waals surface area contributed by atoms with E-state index in [1.807, 2.05) is 19.1 Å². The molecule has 0 amide bonds. The Balaban J connectivity index is 2.22. The minimum atomic E-state index is 0.288. The van der Waals surface area contributed by atoms with Crippen molar-refractivity contribution in [3.8, 4) is 6.01 Å². The van der Waals surface area contributed by atoms with Crippen LogP contribution in [0, 0.1) is 0 Å². The van der Waals surface area contributed by atoms with Gasteiger partial charge in [-0.05, 0) is 31.5 Å². The van der Waals surface area contributed by atoms with Crippen LogP contribution >= 0.6 is 11.6 Å². The van der Waals surface area contributed by atoms with Gasteiger partial charge in [-0.1, -0.05) is 24.6 Å². The molecule has 0 spiro atoms. The number of aromatic nitrogens is 3. The van der Waals surface area contributed by atoms with Crippen LogP contribution in [0.2, 0.25) is 5.02 Å². The minimum absolute atomic E-state index is 0.288. The van der Waals surface area contributed by atoms with Crippen LogP contribution in [-0.4, -0.2) is 28.1 Å². The molecule has 0 atom stereocenters. The summed E-state index contributed by atoms with van der Waals surface area (Å²) in [4.78, 5) is 12.7. The maximum Gasteiger partial charge on any atom is 0.323 e. The predicted octanol–water partition coefficient (Wildman–Crippen LogP) is 3.49. The van der Waals surface area contributed by atoms with Crippen LogP contribution in [-0.2, 0) is 0 Å². The Morgan fingerprint density at radius 1 is 1.14 bits per heavy atom. The number of benzene rings is 1. The van der Waals surface area contributed by atoms with E-state index in [1.54, 1.807) is 12.1 Å². The summed E-state index contributed by atoms with van der Waals surface area (Å²) in [7, 11) is 0. The second-order valence-electron chi connectivity index (χ2n) is 4.26. The van der Waals surface area contributed by atoms with E-state index >= 15 is 0 Å². The van der Waals surface area contributed by atoms with E-state index in [9.17, 15) is 0 Å². The Morgan fingerprint density at radius 3 is 2.67 bits per heavy atom. The first-order valence-electron chi connectivity index (χ1n) is 6.86. The molecule has 1 aromatic carbocycles. The molecular weight excluding hydrogens is 290 g/mol. The van der Waals surface area contributed by atoms with Crippen LogP contribution in [0.25, 0.3) is 0 Å². The van der Waals surface area contributed by atoms with Crippen LogP contribution in [0.1, 0.15) is 20.3 Å². The highest BCUT2D eigenvalue weighted by molar-refractivity contribution is 6.30. The molecule has 0 unspecified atom stereocenters. The fourth-order valence-electron chi connectivity index (χ4n) is 1.62. The third-order valence-electron chi connectivity index (χ3n) is 2.50. The second-order valence-corrected chi connectivity index (χ2v) is 4.70. The fourth-order valence-corrected chi connectivity index (χ4v) is 1.81. The third-order valence-corrected chi connectivity index (χ3v) is 2.74. The van der Waals surface area contributed by atoms with E-state index in [0.29, 0.717) is 23.5 Å². The van der Waals surface area contributed by atoms with Gasteiger partial charge in [0.15, 0.2) is 0 Å². The minimum Gasteiger partial charge on any atom is -0.464 e. The van der Waals surface area contributed by atoms with Gasteiger partial charge >= 0.3 is 6.01 Å². The van der Waals surface area contributed by atoms with Gasteiger partial charge in [0.25, 0.3) is 0 Å². The molecule has 2 aromatic rings. The zero-order valence-corrected chi connectivity index (χ0v) is 12.8. The fraction of sp³-hybridized carbons (Fsp3) is 0.357. The Hall–Kier alpha value is -2.08. The van der Waals surface area contributed by atoms with Gasteiger partial charge in [0, 0.05) is 17.3 Å². The van der Waals surface area contributed by atoms with E-state index in [1.165, 1.54) is 0 Å². The number of anilines is 3. The molecule has 0 radical (unpaired) electrons. The lowest BCUT2D eigenvalue weighted by molar-refractivity contribution is 0.312. The Bertz CT molecular complexity index is 593. The van der Waals surface area contributed by atoms with Gasteiger partial charge < -0.3 is 15.4 Å². The highest BCUT2D eigenvalue weighted by Gasteiger charge is 2.07. The largest absolute Gasteiger partial charge is 0.464 e. The van der Waals surface area contributed by atoms with Crippen molar-refractivity contribution in [3.05, 3.63) is 29.3 Å². The third kappa shape index (κ3) is 4.75. The van der Waals surface area contributed by atoms with E-state index < -0.39 is 0 Å². The average molecular weight is 308 g/mol. The summed E-state index contributed by atoms with van der Waals surface area (Å²) < 4.78 is 5.36. The summed E-state index contributed by atoms with van der Waals surface area (Å²) in [5.74, 6) is 0.897. The van der Waals surface area contributed by atoms with Crippen molar-refractivity contribution in [2.24, 2.45) is 0 Å². The molecule has 1 heterocycles. The lowest BCUT2D eigenvalue weighted by Gasteiger charge is -2.10. The van der Waals surface area contributed by atoms with Gasteiger partial charge in [0.1, 0.15) is 0 Å². The summed E-state index contributed by atoms with van der Waals surface area (Å²) in [6, 6.07) is 7.63. The normalized spacial score (nSPS) is 10.2. The Kier molecular flexibility index (Phi) is 5.57. The second kappa shape index (κ2) is 7.64. The van der Waals surface area contributed by atoms with Crippen molar-refractivity contribution >= 4 is 29.2 Å². The first kappa shape index (κ1) is 15.3. The van der Waals surface area contributed by atoms with Gasteiger partial charge in [-0.3, -0.25) is 0 Å². The number of hydrogen-bond donors (Lipinski definition) is 2. The number of hydrogen-bond acceptors (Lipinski definition) is 6. The molecule has 21 heavy (non-hydrogen) atoms.